The number of furan rings is 1. The Kier molecular flexibility index (Phi) is 3.77. The van der Waals surface area contributed by atoms with E-state index >= 15 is 0 Å². The van der Waals surface area contributed by atoms with Gasteiger partial charge in [-0.3, -0.25) is 0 Å². The quantitative estimate of drug-likeness (QED) is 0.768. The Bertz CT molecular complexity index is 275. The lowest BCUT2D eigenvalue weighted by Gasteiger charge is -2.04. The summed E-state index contributed by atoms with van der Waals surface area (Å²) in [5.74, 6) is 1.87. The van der Waals surface area contributed by atoms with Gasteiger partial charge in [-0.25, -0.2) is 0 Å². The van der Waals surface area contributed by atoms with E-state index in [4.69, 9.17) is 4.42 Å². The number of likely N-dealkylation sites (N-methyl/N-ethyl adjacent to an activating group) is 1. The minimum atomic E-state index is 0.399. The highest BCUT2D eigenvalue weighted by molar-refractivity contribution is 5.43. The third-order valence-corrected chi connectivity index (χ3v) is 1.84. The molecule has 1 unspecified atom stereocenters. The van der Waals surface area contributed by atoms with Crippen molar-refractivity contribution in [2.45, 2.75) is 26.8 Å². The third-order valence-electron chi connectivity index (χ3n) is 1.84. The Labute approximate surface area is 79.6 Å². The van der Waals surface area contributed by atoms with Crippen LogP contribution in [0.15, 0.2) is 22.6 Å². The van der Waals surface area contributed by atoms with Crippen molar-refractivity contribution in [3.8, 4) is 0 Å². The summed E-state index contributed by atoms with van der Waals surface area (Å²) in [6, 6.07) is 4.35. The number of hydrogen-bond acceptors (Lipinski definition) is 2. The molecular formula is C11H17NO. The maximum Gasteiger partial charge on any atom is 0.126 e. The molecule has 2 heteroatoms. The number of aryl methyl sites for hydroxylation is 1. The van der Waals surface area contributed by atoms with Crippen LogP contribution in [-0.2, 0) is 0 Å². The predicted molar refractivity (Wildman–Crippen MR) is 55.6 cm³/mol. The second-order valence-corrected chi connectivity index (χ2v) is 3.15. The summed E-state index contributed by atoms with van der Waals surface area (Å²) in [5.41, 5.74) is 0. The Morgan fingerprint density at radius 1 is 1.54 bits per heavy atom. The van der Waals surface area contributed by atoms with Crippen LogP contribution in [0.25, 0.3) is 6.08 Å². The first-order chi connectivity index (χ1) is 6.22. The molecular weight excluding hydrogens is 162 g/mol. The summed E-state index contributed by atoms with van der Waals surface area (Å²) in [4.78, 5) is 0. The van der Waals surface area contributed by atoms with E-state index in [0.717, 1.165) is 18.1 Å². The van der Waals surface area contributed by atoms with Gasteiger partial charge in [-0.05, 0) is 38.6 Å². The highest BCUT2D eigenvalue weighted by Gasteiger charge is 1.95. The molecule has 0 amide bonds. The second-order valence-electron chi connectivity index (χ2n) is 3.15. The largest absolute Gasteiger partial charge is 0.462 e. The molecule has 1 rings (SSSR count). The van der Waals surface area contributed by atoms with E-state index in [1.165, 1.54) is 0 Å². The standard InChI is InChI=1S/C11H17NO/c1-4-12-9(2)5-7-11-8-6-10(3)13-11/h5-9,12H,4H2,1-3H3/b7-5+. The Morgan fingerprint density at radius 2 is 2.31 bits per heavy atom. The van der Waals surface area contributed by atoms with Crippen molar-refractivity contribution in [1.29, 1.82) is 0 Å². The lowest BCUT2D eigenvalue weighted by Crippen LogP contribution is -2.22. The molecule has 0 aliphatic heterocycles. The molecule has 0 saturated heterocycles. The molecule has 1 aromatic heterocycles. The third kappa shape index (κ3) is 3.47. The van der Waals surface area contributed by atoms with Crippen molar-refractivity contribution < 1.29 is 4.42 Å². The van der Waals surface area contributed by atoms with Gasteiger partial charge in [0.1, 0.15) is 11.5 Å². The van der Waals surface area contributed by atoms with Gasteiger partial charge in [-0.2, -0.15) is 0 Å². The molecule has 0 saturated carbocycles. The van der Waals surface area contributed by atoms with E-state index < -0.39 is 0 Å². The van der Waals surface area contributed by atoms with Gasteiger partial charge in [-0.15, -0.1) is 0 Å². The molecule has 1 heterocycles. The van der Waals surface area contributed by atoms with Crippen LogP contribution < -0.4 is 5.32 Å². The molecule has 0 bridgehead atoms. The van der Waals surface area contributed by atoms with Crippen molar-refractivity contribution in [3.05, 3.63) is 29.7 Å². The predicted octanol–water partition coefficient (Wildman–Crippen LogP) is 2.60. The molecule has 0 aliphatic carbocycles. The average molecular weight is 179 g/mol. The summed E-state index contributed by atoms with van der Waals surface area (Å²) in [6.07, 6.45) is 4.10. The number of hydrogen-bond donors (Lipinski definition) is 1. The monoisotopic (exact) mass is 179 g/mol. The van der Waals surface area contributed by atoms with Crippen LogP contribution in [0, 0.1) is 6.92 Å². The molecule has 0 aliphatic rings. The smallest absolute Gasteiger partial charge is 0.126 e. The zero-order chi connectivity index (χ0) is 9.68. The van der Waals surface area contributed by atoms with Crippen LogP contribution in [0.4, 0.5) is 0 Å². The summed E-state index contributed by atoms with van der Waals surface area (Å²) < 4.78 is 5.40. The minimum Gasteiger partial charge on any atom is -0.462 e. The van der Waals surface area contributed by atoms with Crippen molar-refractivity contribution in [2.24, 2.45) is 0 Å². The van der Waals surface area contributed by atoms with Gasteiger partial charge in [0.25, 0.3) is 0 Å². The maximum atomic E-state index is 5.40. The minimum absolute atomic E-state index is 0.399. The van der Waals surface area contributed by atoms with Gasteiger partial charge >= 0.3 is 0 Å². The van der Waals surface area contributed by atoms with E-state index in [1.807, 2.05) is 25.1 Å². The fourth-order valence-corrected chi connectivity index (χ4v) is 1.17. The molecule has 0 fully saturated rings. The lowest BCUT2D eigenvalue weighted by atomic mass is 10.3. The summed E-state index contributed by atoms with van der Waals surface area (Å²) in [6.45, 7) is 7.16. The molecule has 2 nitrogen and oxygen atoms in total. The van der Waals surface area contributed by atoms with Gasteiger partial charge in [0.2, 0.25) is 0 Å². The average Bonchev–Trinajstić information content (AvgIpc) is 2.49. The van der Waals surface area contributed by atoms with Crippen LogP contribution in [-0.4, -0.2) is 12.6 Å². The van der Waals surface area contributed by atoms with Gasteiger partial charge < -0.3 is 9.73 Å². The van der Waals surface area contributed by atoms with Crippen LogP contribution in [0.5, 0.6) is 0 Å². The first-order valence-electron chi connectivity index (χ1n) is 4.70. The Balaban J connectivity index is 2.48. The van der Waals surface area contributed by atoms with Gasteiger partial charge in [0.15, 0.2) is 0 Å². The highest BCUT2D eigenvalue weighted by Crippen LogP contribution is 2.08. The molecule has 1 atom stereocenters. The van der Waals surface area contributed by atoms with E-state index in [0.29, 0.717) is 6.04 Å². The van der Waals surface area contributed by atoms with Crippen molar-refractivity contribution >= 4 is 6.08 Å². The van der Waals surface area contributed by atoms with Gasteiger partial charge in [0.05, 0.1) is 0 Å². The molecule has 72 valence electrons. The van der Waals surface area contributed by atoms with Crippen molar-refractivity contribution in [3.63, 3.8) is 0 Å². The lowest BCUT2D eigenvalue weighted by molar-refractivity contribution is 0.524. The second kappa shape index (κ2) is 4.87. The van der Waals surface area contributed by atoms with Crippen LogP contribution in [0.3, 0.4) is 0 Å². The summed E-state index contributed by atoms with van der Waals surface area (Å²) in [7, 11) is 0. The summed E-state index contributed by atoms with van der Waals surface area (Å²) >= 11 is 0. The first-order valence-corrected chi connectivity index (χ1v) is 4.70. The number of nitrogens with one attached hydrogen (secondary N) is 1. The molecule has 13 heavy (non-hydrogen) atoms. The highest BCUT2D eigenvalue weighted by atomic mass is 16.3. The van der Waals surface area contributed by atoms with Gasteiger partial charge in [0, 0.05) is 6.04 Å². The van der Waals surface area contributed by atoms with Crippen LogP contribution in [0.1, 0.15) is 25.4 Å². The van der Waals surface area contributed by atoms with E-state index in [9.17, 15) is 0 Å². The van der Waals surface area contributed by atoms with Crippen molar-refractivity contribution in [1.82, 2.24) is 5.32 Å². The SMILES string of the molecule is CCNC(C)/C=C/c1ccc(C)o1. The zero-order valence-electron chi connectivity index (χ0n) is 8.50. The van der Waals surface area contributed by atoms with Crippen molar-refractivity contribution in [2.75, 3.05) is 6.54 Å². The van der Waals surface area contributed by atoms with Crippen LogP contribution >= 0.6 is 0 Å². The molecule has 1 aromatic rings. The maximum absolute atomic E-state index is 5.40. The normalized spacial score (nSPS) is 13.8. The number of rotatable bonds is 4. The van der Waals surface area contributed by atoms with Crippen LogP contribution in [0.2, 0.25) is 0 Å². The van der Waals surface area contributed by atoms with Gasteiger partial charge in [-0.1, -0.05) is 13.0 Å². The van der Waals surface area contributed by atoms with E-state index in [2.05, 4.69) is 25.2 Å². The Morgan fingerprint density at radius 3 is 2.85 bits per heavy atom. The fourth-order valence-electron chi connectivity index (χ4n) is 1.17. The topological polar surface area (TPSA) is 25.2 Å². The summed E-state index contributed by atoms with van der Waals surface area (Å²) in [5, 5.41) is 3.29. The fraction of sp³-hybridized carbons (Fsp3) is 0.455. The zero-order valence-corrected chi connectivity index (χ0v) is 8.50. The van der Waals surface area contributed by atoms with E-state index in [1.54, 1.807) is 0 Å². The molecule has 0 radical (unpaired) electrons. The molecule has 0 spiro atoms. The van der Waals surface area contributed by atoms with E-state index in [-0.39, 0.29) is 0 Å². The molecule has 1 N–H and O–H groups in total. The molecule has 0 aromatic carbocycles. The first kappa shape index (κ1) is 10.1. The Hall–Kier alpha value is -1.02.